The van der Waals surface area contributed by atoms with Crippen molar-refractivity contribution in [3.8, 4) is 0 Å². The van der Waals surface area contributed by atoms with Crippen molar-refractivity contribution in [2.75, 3.05) is 10.8 Å². The summed E-state index contributed by atoms with van der Waals surface area (Å²) < 4.78 is 26.7. The van der Waals surface area contributed by atoms with Gasteiger partial charge in [0, 0.05) is 18.7 Å². The summed E-state index contributed by atoms with van der Waals surface area (Å²) in [4.78, 5) is 10.0. The Bertz CT molecular complexity index is 856. The molecule has 0 aliphatic carbocycles. The van der Waals surface area contributed by atoms with E-state index in [0.29, 0.717) is 0 Å². The van der Waals surface area contributed by atoms with Gasteiger partial charge in [0.05, 0.1) is 25.6 Å². The zero-order valence-electron chi connectivity index (χ0n) is 11.9. The fourth-order valence-corrected chi connectivity index (χ4v) is 4.01. The SMILES string of the molecule is CCN(c1cccc(Cl)c1Cl)S(=O)(=O)c1cccc([N+](=O)[O-])c1. The number of hydrogen-bond donors (Lipinski definition) is 0. The van der Waals surface area contributed by atoms with Crippen molar-refractivity contribution in [1.82, 2.24) is 0 Å². The minimum absolute atomic E-state index is 0.0884. The largest absolute Gasteiger partial charge is 0.270 e. The summed E-state index contributed by atoms with van der Waals surface area (Å²) >= 11 is 12.0. The lowest BCUT2D eigenvalue weighted by atomic mass is 10.3. The van der Waals surface area contributed by atoms with Gasteiger partial charge in [-0.1, -0.05) is 35.3 Å². The van der Waals surface area contributed by atoms with Gasteiger partial charge >= 0.3 is 0 Å². The van der Waals surface area contributed by atoms with Gasteiger partial charge in [-0.2, -0.15) is 0 Å². The average molecular weight is 375 g/mol. The first-order valence-corrected chi connectivity index (χ1v) is 8.70. The normalized spacial score (nSPS) is 11.3. The Kier molecular flexibility index (Phi) is 5.13. The van der Waals surface area contributed by atoms with E-state index in [0.717, 1.165) is 10.4 Å². The van der Waals surface area contributed by atoms with Gasteiger partial charge in [0.15, 0.2) is 0 Å². The molecule has 0 fully saturated rings. The number of non-ortho nitro benzene ring substituents is 1. The smallest absolute Gasteiger partial charge is 0.265 e. The van der Waals surface area contributed by atoms with Crippen molar-refractivity contribution in [2.45, 2.75) is 11.8 Å². The Hall–Kier alpha value is -1.83. The zero-order chi connectivity index (χ0) is 17.2. The van der Waals surface area contributed by atoms with Crippen molar-refractivity contribution in [1.29, 1.82) is 0 Å². The molecule has 0 aliphatic rings. The molecule has 0 aromatic heterocycles. The van der Waals surface area contributed by atoms with Crippen LogP contribution in [0.4, 0.5) is 11.4 Å². The lowest BCUT2D eigenvalue weighted by molar-refractivity contribution is -0.385. The highest BCUT2D eigenvalue weighted by atomic mass is 35.5. The molecule has 0 bridgehead atoms. The number of nitrogens with zero attached hydrogens (tertiary/aromatic N) is 2. The molecule has 0 heterocycles. The topological polar surface area (TPSA) is 80.5 Å². The Morgan fingerprint density at radius 3 is 2.43 bits per heavy atom. The van der Waals surface area contributed by atoms with Crippen LogP contribution < -0.4 is 4.31 Å². The number of benzene rings is 2. The van der Waals surface area contributed by atoms with Crippen LogP contribution >= 0.6 is 23.2 Å². The molecular weight excluding hydrogens is 363 g/mol. The van der Waals surface area contributed by atoms with Gasteiger partial charge in [-0.25, -0.2) is 8.42 Å². The zero-order valence-corrected chi connectivity index (χ0v) is 14.3. The summed E-state index contributed by atoms with van der Waals surface area (Å²) in [6, 6.07) is 9.49. The predicted octanol–water partition coefficient (Wildman–Crippen LogP) is 4.12. The Morgan fingerprint density at radius 2 is 1.83 bits per heavy atom. The van der Waals surface area contributed by atoms with E-state index in [1.165, 1.54) is 24.3 Å². The maximum Gasteiger partial charge on any atom is 0.270 e. The first-order valence-electron chi connectivity index (χ1n) is 6.50. The van der Waals surface area contributed by atoms with Crippen LogP contribution in [0.2, 0.25) is 10.0 Å². The first-order chi connectivity index (χ1) is 10.8. The fraction of sp³-hybridized carbons (Fsp3) is 0.143. The minimum Gasteiger partial charge on any atom is -0.265 e. The van der Waals surface area contributed by atoms with Crippen LogP contribution in [0, 0.1) is 10.1 Å². The van der Waals surface area contributed by atoms with Crippen LogP contribution in [0.3, 0.4) is 0 Å². The molecule has 122 valence electrons. The lowest BCUT2D eigenvalue weighted by Gasteiger charge is -2.24. The van der Waals surface area contributed by atoms with Crippen LogP contribution in [0.1, 0.15) is 6.92 Å². The maximum atomic E-state index is 12.8. The van der Waals surface area contributed by atoms with E-state index in [1.807, 2.05) is 0 Å². The summed E-state index contributed by atoms with van der Waals surface area (Å²) in [5.74, 6) is 0. The number of rotatable bonds is 5. The second kappa shape index (κ2) is 6.74. The molecule has 0 atom stereocenters. The molecule has 23 heavy (non-hydrogen) atoms. The highest BCUT2D eigenvalue weighted by molar-refractivity contribution is 7.92. The number of nitro benzene ring substituents is 1. The maximum absolute atomic E-state index is 12.8. The predicted molar refractivity (Wildman–Crippen MR) is 89.8 cm³/mol. The summed E-state index contributed by atoms with van der Waals surface area (Å²) in [7, 11) is -4.01. The Morgan fingerprint density at radius 1 is 1.17 bits per heavy atom. The van der Waals surface area contributed by atoms with Crippen molar-refractivity contribution >= 4 is 44.6 Å². The summed E-state index contributed by atoms with van der Waals surface area (Å²) in [5.41, 5.74) is -0.0903. The van der Waals surface area contributed by atoms with E-state index in [4.69, 9.17) is 23.2 Å². The highest BCUT2D eigenvalue weighted by Crippen LogP contribution is 2.35. The third kappa shape index (κ3) is 3.41. The van der Waals surface area contributed by atoms with Gasteiger partial charge in [-0.15, -0.1) is 0 Å². The standard InChI is InChI=1S/C14H12Cl2N2O4S/c1-2-17(13-8-4-7-12(15)14(13)16)23(21,22)11-6-3-5-10(9-11)18(19)20/h3-9H,2H2,1H3. The van der Waals surface area contributed by atoms with Crippen LogP contribution in [-0.4, -0.2) is 19.9 Å². The monoisotopic (exact) mass is 374 g/mol. The van der Waals surface area contributed by atoms with E-state index in [-0.39, 0.29) is 32.9 Å². The molecule has 0 saturated heterocycles. The van der Waals surface area contributed by atoms with Crippen molar-refractivity contribution < 1.29 is 13.3 Å². The van der Waals surface area contributed by atoms with Crippen LogP contribution in [0.5, 0.6) is 0 Å². The molecule has 0 spiro atoms. The number of anilines is 1. The third-order valence-corrected chi connectivity index (χ3v) is 5.80. The molecule has 0 N–H and O–H groups in total. The molecule has 2 aromatic carbocycles. The van der Waals surface area contributed by atoms with Crippen LogP contribution in [-0.2, 0) is 10.0 Å². The van der Waals surface area contributed by atoms with Crippen molar-refractivity contribution in [3.63, 3.8) is 0 Å². The number of hydrogen-bond acceptors (Lipinski definition) is 4. The van der Waals surface area contributed by atoms with Gasteiger partial charge in [0.2, 0.25) is 0 Å². The second-order valence-corrected chi connectivity index (χ2v) is 7.14. The Labute approximate surface area is 143 Å². The molecule has 0 unspecified atom stereocenters. The average Bonchev–Trinajstić information content (AvgIpc) is 2.52. The first kappa shape index (κ1) is 17.5. The van der Waals surface area contributed by atoms with Crippen molar-refractivity contribution in [2.24, 2.45) is 0 Å². The Balaban J connectivity index is 2.58. The molecule has 2 aromatic rings. The molecule has 0 aliphatic heterocycles. The van der Waals surface area contributed by atoms with Gasteiger partial charge < -0.3 is 0 Å². The van der Waals surface area contributed by atoms with E-state index in [1.54, 1.807) is 19.1 Å². The quantitative estimate of drug-likeness (QED) is 0.582. The van der Waals surface area contributed by atoms with Gasteiger partial charge in [0.25, 0.3) is 15.7 Å². The molecule has 0 radical (unpaired) electrons. The minimum atomic E-state index is -4.01. The van der Waals surface area contributed by atoms with Crippen LogP contribution in [0.25, 0.3) is 0 Å². The highest BCUT2D eigenvalue weighted by Gasteiger charge is 2.27. The van der Waals surface area contributed by atoms with E-state index in [2.05, 4.69) is 0 Å². The number of halogens is 2. The molecule has 0 amide bonds. The van der Waals surface area contributed by atoms with Gasteiger partial charge in [-0.3, -0.25) is 14.4 Å². The van der Waals surface area contributed by atoms with Gasteiger partial charge in [0.1, 0.15) is 0 Å². The third-order valence-electron chi connectivity index (χ3n) is 3.10. The van der Waals surface area contributed by atoms with E-state index < -0.39 is 14.9 Å². The summed E-state index contributed by atoms with van der Waals surface area (Å²) in [6.07, 6.45) is 0. The van der Waals surface area contributed by atoms with Gasteiger partial charge in [-0.05, 0) is 25.1 Å². The number of sulfonamides is 1. The summed E-state index contributed by atoms with van der Waals surface area (Å²) in [6.45, 7) is 1.72. The van der Waals surface area contributed by atoms with Crippen molar-refractivity contribution in [3.05, 3.63) is 62.6 Å². The molecule has 9 heteroatoms. The lowest BCUT2D eigenvalue weighted by Crippen LogP contribution is -2.31. The molecule has 6 nitrogen and oxygen atoms in total. The van der Waals surface area contributed by atoms with E-state index >= 15 is 0 Å². The molecule has 0 saturated carbocycles. The summed E-state index contributed by atoms with van der Waals surface area (Å²) in [5, 5.41) is 11.2. The number of nitro groups is 1. The molecule has 2 rings (SSSR count). The van der Waals surface area contributed by atoms with Crippen LogP contribution in [0.15, 0.2) is 47.4 Å². The fourth-order valence-electron chi connectivity index (χ4n) is 2.04. The molecular formula is C14H12Cl2N2O4S. The second-order valence-electron chi connectivity index (χ2n) is 4.50. The van der Waals surface area contributed by atoms with E-state index in [9.17, 15) is 18.5 Å².